The number of benzene rings is 1. The summed E-state index contributed by atoms with van der Waals surface area (Å²) in [6.45, 7) is 4.55. The number of hydrogen-bond acceptors (Lipinski definition) is 2. The van der Waals surface area contributed by atoms with Gasteiger partial charge in [-0.1, -0.05) is 13.8 Å². The predicted molar refractivity (Wildman–Crippen MR) is 51.4 cm³/mol. The minimum absolute atomic E-state index is 0.241. The van der Waals surface area contributed by atoms with E-state index in [0.29, 0.717) is 18.3 Å². The van der Waals surface area contributed by atoms with E-state index in [0.717, 1.165) is 0 Å². The molecular formula is C11H12FNO. The molecule has 0 aliphatic heterocycles. The smallest absolute Gasteiger partial charge is 0.137 e. The second kappa shape index (κ2) is 4.61. The Bertz CT molecular complexity index is 355. The molecule has 0 saturated heterocycles. The maximum absolute atomic E-state index is 12.7. The Morgan fingerprint density at radius 1 is 1.50 bits per heavy atom. The minimum Gasteiger partial charge on any atom is -0.492 e. The van der Waals surface area contributed by atoms with Gasteiger partial charge in [0.05, 0.1) is 12.2 Å². The molecule has 0 heterocycles. The van der Waals surface area contributed by atoms with Gasteiger partial charge < -0.3 is 4.74 Å². The van der Waals surface area contributed by atoms with Crippen LogP contribution >= 0.6 is 0 Å². The van der Waals surface area contributed by atoms with Gasteiger partial charge in [0.1, 0.15) is 17.6 Å². The molecule has 0 atom stereocenters. The molecule has 1 aromatic rings. The fourth-order valence-electron chi connectivity index (χ4n) is 0.972. The average molecular weight is 193 g/mol. The lowest BCUT2D eigenvalue weighted by atomic mass is 10.2. The molecule has 0 N–H and O–H groups in total. The quantitative estimate of drug-likeness (QED) is 0.739. The highest BCUT2D eigenvalue weighted by atomic mass is 19.1. The van der Waals surface area contributed by atoms with Crippen molar-refractivity contribution in [1.29, 1.82) is 5.26 Å². The monoisotopic (exact) mass is 193 g/mol. The van der Waals surface area contributed by atoms with Crippen LogP contribution in [0.4, 0.5) is 4.39 Å². The van der Waals surface area contributed by atoms with Crippen LogP contribution in [0, 0.1) is 23.1 Å². The normalized spacial score (nSPS) is 9.93. The highest BCUT2D eigenvalue weighted by Gasteiger charge is 2.05. The van der Waals surface area contributed by atoms with Crippen LogP contribution < -0.4 is 4.74 Å². The molecule has 1 rings (SSSR count). The third-order valence-corrected chi connectivity index (χ3v) is 1.63. The van der Waals surface area contributed by atoms with E-state index in [2.05, 4.69) is 0 Å². The highest BCUT2D eigenvalue weighted by molar-refractivity contribution is 5.42. The zero-order chi connectivity index (χ0) is 10.6. The van der Waals surface area contributed by atoms with Gasteiger partial charge in [-0.3, -0.25) is 0 Å². The molecule has 0 aromatic heterocycles. The minimum atomic E-state index is -0.418. The second-order valence-corrected chi connectivity index (χ2v) is 3.46. The largest absolute Gasteiger partial charge is 0.492 e. The summed E-state index contributed by atoms with van der Waals surface area (Å²) in [5.74, 6) is 0.410. The number of halogens is 1. The maximum atomic E-state index is 12.7. The Morgan fingerprint density at radius 3 is 2.79 bits per heavy atom. The van der Waals surface area contributed by atoms with Crippen LogP contribution in [0.2, 0.25) is 0 Å². The summed E-state index contributed by atoms with van der Waals surface area (Å²) in [7, 11) is 0. The van der Waals surface area contributed by atoms with Crippen LogP contribution in [0.3, 0.4) is 0 Å². The van der Waals surface area contributed by atoms with E-state index in [-0.39, 0.29) is 5.56 Å². The molecule has 0 amide bonds. The molecule has 0 aliphatic carbocycles. The van der Waals surface area contributed by atoms with E-state index < -0.39 is 5.82 Å². The van der Waals surface area contributed by atoms with Crippen LogP contribution in [0.5, 0.6) is 5.75 Å². The van der Waals surface area contributed by atoms with Gasteiger partial charge in [-0.2, -0.15) is 5.26 Å². The molecule has 0 unspecified atom stereocenters. The lowest BCUT2D eigenvalue weighted by molar-refractivity contribution is 0.270. The molecular weight excluding hydrogens is 181 g/mol. The van der Waals surface area contributed by atoms with Crippen molar-refractivity contribution in [3.63, 3.8) is 0 Å². The van der Waals surface area contributed by atoms with E-state index in [1.807, 2.05) is 19.9 Å². The van der Waals surface area contributed by atoms with Gasteiger partial charge in [0.25, 0.3) is 0 Å². The van der Waals surface area contributed by atoms with Crippen LogP contribution in [0.1, 0.15) is 19.4 Å². The van der Waals surface area contributed by atoms with Crippen molar-refractivity contribution in [2.75, 3.05) is 6.61 Å². The summed E-state index contributed by atoms with van der Waals surface area (Å²) in [4.78, 5) is 0. The first-order valence-electron chi connectivity index (χ1n) is 4.46. The molecule has 0 radical (unpaired) electrons. The summed E-state index contributed by atoms with van der Waals surface area (Å²) in [5.41, 5.74) is 0.241. The van der Waals surface area contributed by atoms with Gasteiger partial charge in [0, 0.05) is 0 Å². The standard InChI is InChI=1S/C11H12FNO/c1-8(2)7-14-11-4-3-10(12)5-9(11)6-13/h3-5,8H,7H2,1-2H3. The Morgan fingerprint density at radius 2 is 2.21 bits per heavy atom. The summed E-state index contributed by atoms with van der Waals surface area (Å²) < 4.78 is 18.1. The third-order valence-electron chi connectivity index (χ3n) is 1.63. The molecule has 14 heavy (non-hydrogen) atoms. The van der Waals surface area contributed by atoms with Gasteiger partial charge in [-0.15, -0.1) is 0 Å². The van der Waals surface area contributed by atoms with Crippen LogP contribution in [0.25, 0.3) is 0 Å². The van der Waals surface area contributed by atoms with E-state index in [1.165, 1.54) is 18.2 Å². The Labute approximate surface area is 82.9 Å². The predicted octanol–water partition coefficient (Wildman–Crippen LogP) is 2.73. The van der Waals surface area contributed by atoms with Gasteiger partial charge in [0.2, 0.25) is 0 Å². The van der Waals surface area contributed by atoms with Gasteiger partial charge in [-0.05, 0) is 24.1 Å². The molecule has 0 aliphatic rings. The fourth-order valence-corrected chi connectivity index (χ4v) is 0.972. The molecule has 0 saturated carbocycles. The second-order valence-electron chi connectivity index (χ2n) is 3.46. The van der Waals surface area contributed by atoms with Crippen molar-refractivity contribution in [3.05, 3.63) is 29.6 Å². The number of hydrogen-bond donors (Lipinski definition) is 0. The van der Waals surface area contributed by atoms with Crippen LogP contribution in [-0.2, 0) is 0 Å². The Kier molecular flexibility index (Phi) is 3.47. The van der Waals surface area contributed by atoms with Gasteiger partial charge >= 0.3 is 0 Å². The third kappa shape index (κ3) is 2.74. The van der Waals surface area contributed by atoms with Gasteiger partial charge in [-0.25, -0.2) is 4.39 Å². The van der Waals surface area contributed by atoms with E-state index in [4.69, 9.17) is 10.00 Å². The van der Waals surface area contributed by atoms with Crippen molar-refractivity contribution in [2.24, 2.45) is 5.92 Å². The summed E-state index contributed by atoms with van der Waals surface area (Å²) in [6.07, 6.45) is 0. The van der Waals surface area contributed by atoms with E-state index in [1.54, 1.807) is 0 Å². The zero-order valence-electron chi connectivity index (χ0n) is 8.25. The fraction of sp³-hybridized carbons (Fsp3) is 0.364. The van der Waals surface area contributed by atoms with E-state index in [9.17, 15) is 4.39 Å². The lowest BCUT2D eigenvalue weighted by Crippen LogP contribution is -2.05. The zero-order valence-corrected chi connectivity index (χ0v) is 8.25. The molecule has 0 fully saturated rings. The number of nitriles is 1. The van der Waals surface area contributed by atoms with Crippen LogP contribution in [0.15, 0.2) is 18.2 Å². The molecule has 0 spiro atoms. The first-order valence-corrected chi connectivity index (χ1v) is 4.46. The topological polar surface area (TPSA) is 33.0 Å². The summed E-state index contributed by atoms with van der Waals surface area (Å²) >= 11 is 0. The summed E-state index contributed by atoms with van der Waals surface area (Å²) in [6, 6.07) is 5.84. The average Bonchev–Trinajstić information content (AvgIpc) is 2.15. The Balaban J connectivity index is 2.82. The number of nitrogens with zero attached hydrogens (tertiary/aromatic N) is 1. The molecule has 74 valence electrons. The Hall–Kier alpha value is -1.56. The SMILES string of the molecule is CC(C)COc1ccc(F)cc1C#N. The summed E-state index contributed by atoms with van der Waals surface area (Å²) in [5, 5.41) is 8.71. The number of rotatable bonds is 3. The van der Waals surface area contributed by atoms with Crippen molar-refractivity contribution in [3.8, 4) is 11.8 Å². The first kappa shape index (κ1) is 10.5. The van der Waals surface area contributed by atoms with E-state index >= 15 is 0 Å². The van der Waals surface area contributed by atoms with Crippen molar-refractivity contribution in [2.45, 2.75) is 13.8 Å². The van der Waals surface area contributed by atoms with Gasteiger partial charge in [0.15, 0.2) is 0 Å². The van der Waals surface area contributed by atoms with Crippen molar-refractivity contribution < 1.29 is 9.13 Å². The lowest BCUT2D eigenvalue weighted by Gasteiger charge is -2.09. The van der Waals surface area contributed by atoms with Crippen LogP contribution in [-0.4, -0.2) is 6.61 Å². The highest BCUT2D eigenvalue weighted by Crippen LogP contribution is 2.19. The molecule has 0 bridgehead atoms. The number of ether oxygens (including phenoxy) is 1. The maximum Gasteiger partial charge on any atom is 0.137 e. The van der Waals surface area contributed by atoms with Crippen molar-refractivity contribution >= 4 is 0 Å². The molecule has 3 heteroatoms. The molecule has 1 aromatic carbocycles. The molecule has 2 nitrogen and oxygen atoms in total. The van der Waals surface area contributed by atoms with Crippen molar-refractivity contribution in [1.82, 2.24) is 0 Å². The first-order chi connectivity index (χ1) is 6.63.